The summed E-state index contributed by atoms with van der Waals surface area (Å²) >= 11 is 0. The molecule has 0 atom stereocenters. The number of carbonyl (C=O) groups excluding carboxylic acids is 1. The Morgan fingerprint density at radius 2 is 1.80 bits per heavy atom. The fraction of sp³-hybridized carbons (Fsp3) is 0.400. The van der Waals surface area contributed by atoms with Crippen molar-refractivity contribution >= 4 is 29.0 Å². The van der Waals surface area contributed by atoms with Gasteiger partial charge < -0.3 is 10.2 Å². The quantitative estimate of drug-likeness (QED) is 0.287. The number of halogens is 3. The first-order chi connectivity index (χ1) is 18.8. The molecule has 212 valence electrons. The number of carbonyl (C=O) groups is 1. The number of hydrogen-bond donors (Lipinski definition) is 1. The van der Waals surface area contributed by atoms with Crippen LogP contribution in [0.25, 0.3) is 23.1 Å². The van der Waals surface area contributed by atoms with Crippen LogP contribution in [0.1, 0.15) is 64.3 Å². The van der Waals surface area contributed by atoms with Crippen molar-refractivity contribution < 1.29 is 18.0 Å². The highest BCUT2D eigenvalue weighted by Crippen LogP contribution is 2.29. The molecule has 2 heterocycles. The lowest BCUT2D eigenvalue weighted by atomic mass is 9.90. The van der Waals surface area contributed by atoms with Crippen molar-refractivity contribution in [3.63, 3.8) is 0 Å². The number of nitrogens with one attached hydrogen (secondary N) is 1. The van der Waals surface area contributed by atoms with Gasteiger partial charge in [0.2, 0.25) is 0 Å². The highest BCUT2D eigenvalue weighted by molar-refractivity contribution is 5.98. The van der Waals surface area contributed by atoms with Crippen LogP contribution in [0.5, 0.6) is 0 Å². The largest absolute Gasteiger partial charge is 0.471 e. The predicted molar refractivity (Wildman–Crippen MR) is 152 cm³/mol. The van der Waals surface area contributed by atoms with Crippen molar-refractivity contribution in [2.75, 3.05) is 23.3 Å². The second-order valence-corrected chi connectivity index (χ2v) is 10.9. The van der Waals surface area contributed by atoms with E-state index in [1.165, 1.54) is 16.3 Å². The van der Waals surface area contributed by atoms with Crippen molar-refractivity contribution in [3.8, 4) is 11.4 Å². The normalized spacial score (nSPS) is 12.8. The second kappa shape index (κ2) is 11.3. The van der Waals surface area contributed by atoms with E-state index in [1.54, 1.807) is 18.2 Å². The monoisotopic (exact) mass is 552 g/mol. The number of hydrogen-bond acceptors (Lipinski definition) is 5. The third-order valence-electron chi connectivity index (χ3n) is 6.80. The van der Waals surface area contributed by atoms with E-state index < -0.39 is 12.1 Å². The van der Waals surface area contributed by atoms with Gasteiger partial charge >= 0.3 is 12.1 Å². The Kier molecular flexibility index (Phi) is 8.18. The van der Waals surface area contributed by atoms with E-state index in [0.29, 0.717) is 5.65 Å². The zero-order valence-electron chi connectivity index (χ0n) is 23.7. The molecule has 0 unspecified atom stereocenters. The summed E-state index contributed by atoms with van der Waals surface area (Å²) in [6.07, 6.45) is -0.716. The number of alkyl halides is 3. The second-order valence-electron chi connectivity index (χ2n) is 10.9. The van der Waals surface area contributed by atoms with Crippen LogP contribution in [-0.4, -0.2) is 45.0 Å². The Morgan fingerprint density at radius 1 is 1.07 bits per heavy atom. The number of unbranched alkanes of at least 4 members (excludes halogenated alkanes) is 1. The minimum Gasteiger partial charge on any atom is -0.372 e. The first-order valence-electron chi connectivity index (χ1n) is 13.5. The Hall–Kier alpha value is -3.95. The van der Waals surface area contributed by atoms with Gasteiger partial charge in [-0.1, -0.05) is 52.3 Å². The summed E-state index contributed by atoms with van der Waals surface area (Å²) in [6, 6.07) is 12.6. The number of para-hydroxylation sites is 1. The van der Waals surface area contributed by atoms with E-state index in [-0.39, 0.29) is 22.5 Å². The van der Waals surface area contributed by atoms with Gasteiger partial charge in [0, 0.05) is 35.0 Å². The van der Waals surface area contributed by atoms with Crippen LogP contribution < -0.4 is 15.4 Å². The third kappa shape index (κ3) is 5.95. The van der Waals surface area contributed by atoms with Gasteiger partial charge in [0.05, 0.1) is 11.4 Å². The lowest BCUT2D eigenvalue weighted by Crippen LogP contribution is -2.30. The maximum atomic E-state index is 13.0. The molecule has 4 rings (SSSR count). The summed E-state index contributed by atoms with van der Waals surface area (Å²) in [5.74, 6) is -1.82. The van der Waals surface area contributed by atoms with Gasteiger partial charge in [0.25, 0.3) is 0 Å². The van der Waals surface area contributed by atoms with Gasteiger partial charge in [-0.2, -0.15) is 22.8 Å². The molecule has 10 heteroatoms. The van der Waals surface area contributed by atoms with E-state index in [4.69, 9.17) is 5.10 Å². The molecule has 0 radical (unpaired) electrons. The number of benzene rings is 2. The molecular formula is C30H35F3N6O. The van der Waals surface area contributed by atoms with Gasteiger partial charge in [-0.3, -0.25) is 4.79 Å². The number of anilines is 2. The summed E-state index contributed by atoms with van der Waals surface area (Å²) < 4.78 is 40.4. The van der Waals surface area contributed by atoms with Crippen molar-refractivity contribution in [1.82, 2.24) is 19.8 Å². The summed E-state index contributed by atoms with van der Waals surface area (Å²) in [5.41, 5.74) is 4.44. The average molecular weight is 553 g/mol. The SMILES string of the molecule is CCCCN(CC)c1ccc(C=c2c(C(C)(C)C)nn3c(-c4ccccc4NC(=O)C(F)(F)F)nnc23)c(C)c1. The van der Waals surface area contributed by atoms with Crippen LogP contribution in [0.4, 0.5) is 24.5 Å². The molecule has 0 fully saturated rings. The molecule has 0 bridgehead atoms. The Bertz CT molecular complexity index is 1570. The van der Waals surface area contributed by atoms with E-state index in [9.17, 15) is 18.0 Å². The van der Waals surface area contributed by atoms with Crippen LogP contribution >= 0.6 is 0 Å². The summed E-state index contributed by atoms with van der Waals surface area (Å²) in [6.45, 7) is 14.5. The maximum absolute atomic E-state index is 13.0. The van der Waals surface area contributed by atoms with Crippen LogP contribution in [0.15, 0.2) is 42.5 Å². The lowest BCUT2D eigenvalue weighted by Gasteiger charge is -2.23. The van der Waals surface area contributed by atoms with E-state index in [1.807, 2.05) is 32.2 Å². The fourth-order valence-corrected chi connectivity index (χ4v) is 4.63. The van der Waals surface area contributed by atoms with Crippen molar-refractivity contribution in [1.29, 1.82) is 0 Å². The number of nitrogens with zero attached hydrogens (tertiary/aromatic N) is 5. The van der Waals surface area contributed by atoms with Crippen molar-refractivity contribution in [3.05, 3.63) is 64.5 Å². The number of aryl methyl sites for hydroxylation is 1. The summed E-state index contributed by atoms with van der Waals surface area (Å²) in [4.78, 5) is 14.0. The maximum Gasteiger partial charge on any atom is 0.471 e. The molecule has 7 nitrogen and oxygen atoms in total. The zero-order valence-corrected chi connectivity index (χ0v) is 23.7. The van der Waals surface area contributed by atoms with Crippen molar-refractivity contribution in [2.45, 2.75) is 66.0 Å². The molecule has 1 N–H and O–H groups in total. The molecule has 0 aliphatic heterocycles. The smallest absolute Gasteiger partial charge is 0.372 e. The standard InChI is InChI=1S/C30H35F3N6O/c1-7-9-16-38(8-2)21-15-14-20(19(3)17-21)18-23-25(29(4,5)6)37-39-26(35-36-27(23)39)22-12-10-11-13-24(22)34-28(40)30(31,32)33/h10-15,17-18H,7-9,16H2,1-6H3,(H,34,40). The minimum absolute atomic E-state index is 0.0278. The molecule has 0 spiro atoms. The average Bonchev–Trinajstić information content (AvgIpc) is 3.46. The van der Waals surface area contributed by atoms with Gasteiger partial charge in [-0.05, 0) is 61.7 Å². The van der Waals surface area contributed by atoms with E-state index in [0.717, 1.165) is 48.0 Å². The fourth-order valence-electron chi connectivity index (χ4n) is 4.63. The Morgan fingerprint density at radius 3 is 2.42 bits per heavy atom. The predicted octanol–water partition coefficient (Wildman–Crippen LogP) is 6.07. The van der Waals surface area contributed by atoms with Crippen LogP contribution in [0.3, 0.4) is 0 Å². The highest BCUT2D eigenvalue weighted by Gasteiger charge is 2.39. The summed E-state index contributed by atoms with van der Waals surface area (Å²) in [7, 11) is 0. The molecule has 0 saturated carbocycles. The van der Waals surface area contributed by atoms with Crippen LogP contribution in [0, 0.1) is 6.92 Å². The molecule has 0 aliphatic rings. The number of aromatic nitrogens is 4. The molecular weight excluding hydrogens is 517 g/mol. The van der Waals surface area contributed by atoms with E-state index in [2.05, 4.69) is 54.1 Å². The molecule has 0 aliphatic carbocycles. The first kappa shape index (κ1) is 29.0. The van der Waals surface area contributed by atoms with E-state index >= 15 is 0 Å². The lowest BCUT2D eigenvalue weighted by molar-refractivity contribution is -0.167. The number of rotatable bonds is 8. The van der Waals surface area contributed by atoms with Gasteiger partial charge in [-0.15, -0.1) is 10.2 Å². The number of amides is 1. The molecule has 1 amide bonds. The van der Waals surface area contributed by atoms with Gasteiger partial charge in [-0.25, -0.2) is 0 Å². The minimum atomic E-state index is -5.02. The molecule has 0 saturated heterocycles. The third-order valence-corrected chi connectivity index (χ3v) is 6.80. The Labute approximate surface area is 232 Å². The molecule has 2 aromatic carbocycles. The zero-order chi connectivity index (χ0) is 29.2. The summed E-state index contributed by atoms with van der Waals surface area (Å²) in [5, 5.41) is 16.2. The highest BCUT2D eigenvalue weighted by atomic mass is 19.4. The van der Waals surface area contributed by atoms with Gasteiger partial charge in [0.15, 0.2) is 11.5 Å². The first-order valence-corrected chi connectivity index (χ1v) is 13.5. The van der Waals surface area contributed by atoms with Crippen LogP contribution in [-0.2, 0) is 10.2 Å². The number of fused-ring (bicyclic) bond motifs is 1. The van der Waals surface area contributed by atoms with Gasteiger partial charge in [0.1, 0.15) is 0 Å². The molecule has 4 aromatic rings. The Balaban J connectivity index is 1.84. The van der Waals surface area contributed by atoms with Crippen molar-refractivity contribution in [2.24, 2.45) is 0 Å². The molecule has 2 aromatic heterocycles. The van der Waals surface area contributed by atoms with Crippen LogP contribution in [0.2, 0.25) is 0 Å². The topological polar surface area (TPSA) is 75.4 Å². The molecule has 40 heavy (non-hydrogen) atoms.